The van der Waals surface area contributed by atoms with Gasteiger partial charge in [0.25, 0.3) is 5.91 Å². The van der Waals surface area contributed by atoms with E-state index in [2.05, 4.69) is 16.5 Å². The van der Waals surface area contributed by atoms with E-state index >= 15 is 0 Å². The third-order valence-electron chi connectivity index (χ3n) is 3.35. The predicted molar refractivity (Wildman–Crippen MR) is 72.5 cm³/mol. The summed E-state index contributed by atoms with van der Waals surface area (Å²) in [6, 6.07) is 3.31. The highest BCUT2D eigenvalue weighted by atomic mass is 32.1. The van der Waals surface area contributed by atoms with Gasteiger partial charge in [0.15, 0.2) is 0 Å². The number of aromatic nitrogens is 2. The van der Waals surface area contributed by atoms with E-state index < -0.39 is 12.5 Å². The van der Waals surface area contributed by atoms with Gasteiger partial charge in [0, 0.05) is 11.1 Å². The summed E-state index contributed by atoms with van der Waals surface area (Å²) >= 11 is 1.34. The molecule has 1 aliphatic rings. The monoisotopic (exact) mass is 308 g/mol. The Labute approximate surface area is 122 Å². The average Bonchev–Trinajstić information content (AvgIpc) is 3.12. The molecule has 1 amide bonds. The maximum Gasteiger partial charge on any atom is 0.333 e. The lowest BCUT2D eigenvalue weighted by Gasteiger charge is -2.06. The Morgan fingerprint density at radius 2 is 2.33 bits per heavy atom. The molecule has 2 aromatic heterocycles. The van der Waals surface area contributed by atoms with E-state index in [0.29, 0.717) is 15.2 Å². The van der Waals surface area contributed by atoms with Crippen LogP contribution in [0.4, 0.5) is 13.8 Å². The lowest BCUT2D eigenvalue weighted by Crippen LogP contribution is -2.18. The van der Waals surface area contributed by atoms with Crippen molar-refractivity contribution in [3.05, 3.63) is 34.0 Å². The lowest BCUT2D eigenvalue weighted by atomic mass is 10.1. The number of nitrogens with one attached hydrogen (secondary N) is 1. The van der Waals surface area contributed by atoms with E-state index in [1.54, 1.807) is 0 Å². The molecule has 1 aliphatic carbocycles. The van der Waals surface area contributed by atoms with Crippen LogP contribution in [0.25, 0.3) is 0 Å². The fourth-order valence-corrected chi connectivity index (χ4v) is 3.66. The number of carbonyl (C=O) groups excluding carboxylic acids is 1. The van der Waals surface area contributed by atoms with Crippen LogP contribution in [0.5, 0.6) is 0 Å². The lowest BCUT2D eigenvalue weighted by molar-refractivity contribution is 0.0520. The molecule has 21 heavy (non-hydrogen) atoms. The average molecular weight is 308 g/mol. The van der Waals surface area contributed by atoms with Crippen LogP contribution >= 0.6 is 11.3 Å². The third kappa shape index (κ3) is 2.29. The molecule has 2 heterocycles. The van der Waals surface area contributed by atoms with Crippen molar-refractivity contribution < 1.29 is 13.6 Å². The fourth-order valence-electron chi connectivity index (χ4n) is 2.43. The number of aryl methyl sites for hydroxylation is 1. The summed E-state index contributed by atoms with van der Waals surface area (Å²) < 4.78 is 25.8. The summed E-state index contributed by atoms with van der Waals surface area (Å²) in [5.41, 5.74) is 1.19. The minimum atomic E-state index is -2.88. The second kappa shape index (κ2) is 5.26. The summed E-state index contributed by atoms with van der Waals surface area (Å²) in [7, 11) is 0. The van der Waals surface area contributed by atoms with E-state index in [-0.39, 0.29) is 5.69 Å². The van der Waals surface area contributed by atoms with Gasteiger partial charge in [-0.15, -0.1) is 11.3 Å². The van der Waals surface area contributed by atoms with Crippen LogP contribution in [0.1, 0.15) is 39.5 Å². The number of rotatable bonds is 3. The number of hydrogen-bond donors (Lipinski definition) is 1. The number of amides is 1. The first-order valence-corrected chi connectivity index (χ1v) is 7.11. The van der Waals surface area contributed by atoms with E-state index in [1.807, 2.05) is 0 Å². The number of nitriles is 1. The summed E-state index contributed by atoms with van der Waals surface area (Å²) in [4.78, 5) is 13.2. The highest BCUT2D eigenvalue weighted by Crippen LogP contribution is 2.38. The van der Waals surface area contributed by atoms with Crippen molar-refractivity contribution in [2.24, 2.45) is 0 Å². The number of thiophene rings is 1. The van der Waals surface area contributed by atoms with Crippen molar-refractivity contribution >= 4 is 22.2 Å². The summed E-state index contributed by atoms with van der Waals surface area (Å²) in [6.07, 6.45) is 3.85. The number of carbonyl (C=O) groups is 1. The molecule has 1 N–H and O–H groups in total. The zero-order valence-electron chi connectivity index (χ0n) is 10.8. The van der Waals surface area contributed by atoms with Crippen LogP contribution in [0, 0.1) is 11.3 Å². The molecule has 0 radical (unpaired) electrons. The second-order valence-electron chi connectivity index (χ2n) is 4.57. The van der Waals surface area contributed by atoms with Gasteiger partial charge in [0.05, 0.1) is 5.56 Å². The Morgan fingerprint density at radius 3 is 3.05 bits per heavy atom. The van der Waals surface area contributed by atoms with E-state index in [9.17, 15) is 18.8 Å². The van der Waals surface area contributed by atoms with Crippen LogP contribution in [0.3, 0.4) is 0 Å². The molecular weight excluding hydrogens is 298 g/mol. The van der Waals surface area contributed by atoms with Crippen molar-refractivity contribution in [1.29, 1.82) is 5.26 Å². The predicted octanol–water partition coefficient (Wildman–Crippen LogP) is 2.95. The SMILES string of the molecule is N#Cc1c(NC(=O)c2ccnn2C(F)F)sc2c1CCC2. The first-order valence-electron chi connectivity index (χ1n) is 6.29. The molecule has 8 heteroatoms. The summed E-state index contributed by atoms with van der Waals surface area (Å²) in [6.45, 7) is -2.88. The maximum absolute atomic E-state index is 12.7. The Balaban J connectivity index is 1.89. The van der Waals surface area contributed by atoms with Gasteiger partial charge in [-0.1, -0.05) is 0 Å². The van der Waals surface area contributed by atoms with Crippen LogP contribution < -0.4 is 5.32 Å². The highest BCUT2D eigenvalue weighted by Gasteiger charge is 2.25. The van der Waals surface area contributed by atoms with Gasteiger partial charge in [0.1, 0.15) is 16.8 Å². The van der Waals surface area contributed by atoms with Gasteiger partial charge in [-0.25, -0.2) is 0 Å². The Kier molecular flexibility index (Phi) is 3.43. The standard InChI is InChI=1S/C13H10F2N4OS/c14-13(15)19-9(4-5-17-19)11(20)18-12-8(6-16)7-2-1-3-10(7)21-12/h4-5,13H,1-3H2,(H,18,20). The zero-order chi connectivity index (χ0) is 15.0. The van der Waals surface area contributed by atoms with Gasteiger partial charge in [-0.05, 0) is 30.9 Å². The first kappa shape index (κ1) is 13.7. The van der Waals surface area contributed by atoms with E-state index in [0.717, 1.165) is 35.9 Å². The molecule has 0 aromatic carbocycles. The van der Waals surface area contributed by atoms with Crippen LogP contribution in [-0.2, 0) is 12.8 Å². The Morgan fingerprint density at radius 1 is 1.52 bits per heavy atom. The van der Waals surface area contributed by atoms with Crippen molar-refractivity contribution in [2.75, 3.05) is 5.32 Å². The quantitative estimate of drug-likeness (QED) is 0.947. The molecule has 0 unspecified atom stereocenters. The smallest absolute Gasteiger partial charge is 0.311 e. The number of fused-ring (bicyclic) bond motifs is 1. The molecule has 0 spiro atoms. The summed E-state index contributed by atoms with van der Waals surface area (Å²) in [5.74, 6) is -0.691. The molecular formula is C13H10F2N4OS. The minimum Gasteiger partial charge on any atom is -0.311 e. The second-order valence-corrected chi connectivity index (χ2v) is 5.67. The highest BCUT2D eigenvalue weighted by molar-refractivity contribution is 7.16. The van der Waals surface area contributed by atoms with Crippen molar-refractivity contribution in [3.63, 3.8) is 0 Å². The van der Waals surface area contributed by atoms with Crippen LogP contribution in [0.2, 0.25) is 0 Å². The van der Waals surface area contributed by atoms with Gasteiger partial charge in [0.2, 0.25) is 0 Å². The number of nitrogens with zero attached hydrogens (tertiary/aromatic N) is 3. The molecule has 2 aromatic rings. The van der Waals surface area contributed by atoms with Crippen LogP contribution in [-0.4, -0.2) is 15.7 Å². The number of hydrogen-bond acceptors (Lipinski definition) is 4. The number of anilines is 1. The van der Waals surface area contributed by atoms with Gasteiger partial charge in [-0.2, -0.15) is 23.8 Å². The maximum atomic E-state index is 12.7. The molecule has 0 fully saturated rings. The zero-order valence-corrected chi connectivity index (χ0v) is 11.6. The topological polar surface area (TPSA) is 70.7 Å². The minimum absolute atomic E-state index is 0.234. The molecule has 3 rings (SSSR count). The van der Waals surface area contributed by atoms with Gasteiger partial charge in [-0.3, -0.25) is 4.79 Å². The Bertz CT molecular complexity index is 744. The van der Waals surface area contributed by atoms with Crippen LogP contribution in [0.15, 0.2) is 12.3 Å². The van der Waals surface area contributed by atoms with Crippen molar-refractivity contribution in [1.82, 2.24) is 9.78 Å². The van der Waals surface area contributed by atoms with E-state index in [4.69, 9.17) is 0 Å². The van der Waals surface area contributed by atoms with Gasteiger partial charge >= 0.3 is 6.55 Å². The number of alkyl halides is 2. The molecule has 0 saturated carbocycles. The van der Waals surface area contributed by atoms with Crippen molar-refractivity contribution in [2.45, 2.75) is 25.8 Å². The molecule has 0 atom stereocenters. The third-order valence-corrected chi connectivity index (χ3v) is 4.56. The largest absolute Gasteiger partial charge is 0.333 e. The van der Waals surface area contributed by atoms with Gasteiger partial charge < -0.3 is 5.32 Å². The molecule has 108 valence electrons. The molecule has 0 bridgehead atoms. The molecule has 5 nitrogen and oxygen atoms in total. The Hall–Kier alpha value is -2.27. The fraction of sp³-hybridized carbons (Fsp3) is 0.308. The summed E-state index contributed by atoms with van der Waals surface area (Å²) in [5, 5.41) is 15.6. The van der Waals surface area contributed by atoms with Crippen molar-refractivity contribution in [3.8, 4) is 6.07 Å². The molecule has 0 aliphatic heterocycles. The number of halogens is 2. The molecule has 0 saturated heterocycles. The first-order chi connectivity index (χ1) is 10.1. The van der Waals surface area contributed by atoms with E-state index in [1.165, 1.54) is 17.4 Å². The normalized spacial score (nSPS) is 13.2.